The zero-order valence-electron chi connectivity index (χ0n) is 17.2. The summed E-state index contributed by atoms with van der Waals surface area (Å²) in [7, 11) is -7.68. The summed E-state index contributed by atoms with van der Waals surface area (Å²) in [5.41, 5.74) is 0.326. The van der Waals surface area contributed by atoms with Crippen LogP contribution in [0.25, 0.3) is 0 Å². The first-order chi connectivity index (χ1) is 12.8. The molecule has 1 saturated heterocycles. The van der Waals surface area contributed by atoms with Crippen molar-refractivity contribution in [2.45, 2.75) is 56.3 Å². The highest BCUT2D eigenvalue weighted by molar-refractivity contribution is 7.96. The lowest BCUT2D eigenvalue weighted by atomic mass is 10.0. The van der Waals surface area contributed by atoms with Gasteiger partial charge in [0.2, 0.25) is 0 Å². The SMILES string of the molecule is CCN(CC)C(C)(C)CN[C@H]1CS(=O)(=O)C[C@@H]1S(=O)(=O)c1cc(C)ccc1F. The van der Waals surface area contributed by atoms with E-state index in [1.54, 1.807) is 6.92 Å². The van der Waals surface area contributed by atoms with Gasteiger partial charge in [0.1, 0.15) is 10.7 Å². The molecule has 0 unspecified atom stereocenters. The van der Waals surface area contributed by atoms with Crippen molar-refractivity contribution in [2.75, 3.05) is 31.1 Å². The zero-order chi connectivity index (χ0) is 21.3. The summed E-state index contributed by atoms with van der Waals surface area (Å²) in [5.74, 6) is -1.61. The van der Waals surface area contributed by atoms with E-state index in [0.29, 0.717) is 12.1 Å². The third-order valence-corrected chi connectivity index (χ3v) is 9.67. The molecule has 0 radical (unpaired) electrons. The molecule has 6 nitrogen and oxygen atoms in total. The summed E-state index contributed by atoms with van der Waals surface area (Å²) < 4.78 is 65.0. The second kappa shape index (κ2) is 8.38. The van der Waals surface area contributed by atoms with Gasteiger partial charge in [-0.15, -0.1) is 0 Å². The van der Waals surface area contributed by atoms with Gasteiger partial charge in [-0.1, -0.05) is 19.9 Å². The smallest absolute Gasteiger partial charge is 0.186 e. The Balaban J connectivity index is 2.33. The minimum Gasteiger partial charge on any atom is -0.310 e. The molecule has 1 aliphatic heterocycles. The first kappa shape index (κ1) is 23.3. The average Bonchev–Trinajstić information content (AvgIpc) is 2.91. The molecule has 0 bridgehead atoms. The van der Waals surface area contributed by atoms with Gasteiger partial charge in [0, 0.05) is 18.1 Å². The number of sulfone groups is 2. The minimum atomic E-state index is -4.14. The summed E-state index contributed by atoms with van der Waals surface area (Å²) in [5, 5.41) is 1.96. The third kappa shape index (κ3) is 4.93. The van der Waals surface area contributed by atoms with Gasteiger partial charge < -0.3 is 5.32 Å². The maximum Gasteiger partial charge on any atom is 0.186 e. The summed E-state index contributed by atoms with van der Waals surface area (Å²) in [6.45, 7) is 11.9. The van der Waals surface area contributed by atoms with Crippen LogP contribution in [0.2, 0.25) is 0 Å². The van der Waals surface area contributed by atoms with E-state index in [9.17, 15) is 21.2 Å². The van der Waals surface area contributed by atoms with E-state index in [-0.39, 0.29) is 11.3 Å². The number of nitrogens with one attached hydrogen (secondary N) is 1. The van der Waals surface area contributed by atoms with Crippen LogP contribution in [0.4, 0.5) is 4.39 Å². The molecule has 9 heteroatoms. The van der Waals surface area contributed by atoms with Gasteiger partial charge >= 0.3 is 0 Å². The maximum absolute atomic E-state index is 14.3. The first-order valence-corrected chi connectivity index (χ1v) is 12.9. The van der Waals surface area contributed by atoms with E-state index in [4.69, 9.17) is 0 Å². The molecule has 0 saturated carbocycles. The van der Waals surface area contributed by atoms with Gasteiger partial charge in [-0.3, -0.25) is 4.90 Å². The van der Waals surface area contributed by atoms with Crippen molar-refractivity contribution in [2.24, 2.45) is 0 Å². The predicted octanol–water partition coefficient (Wildman–Crippen LogP) is 1.78. The Kier molecular flexibility index (Phi) is 6.95. The summed E-state index contributed by atoms with van der Waals surface area (Å²) in [6, 6.07) is 3.09. The lowest BCUT2D eigenvalue weighted by Crippen LogP contribution is -2.54. The van der Waals surface area contributed by atoms with Crippen molar-refractivity contribution in [3.05, 3.63) is 29.6 Å². The van der Waals surface area contributed by atoms with Gasteiger partial charge in [-0.25, -0.2) is 21.2 Å². The quantitative estimate of drug-likeness (QED) is 0.672. The summed E-state index contributed by atoms with van der Waals surface area (Å²) in [4.78, 5) is 1.79. The monoisotopic (exact) mass is 434 g/mol. The van der Waals surface area contributed by atoms with Crippen molar-refractivity contribution < 1.29 is 21.2 Å². The molecule has 2 rings (SSSR count). The zero-order valence-corrected chi connectivity index (χ0v) is 18.8. The van der Waals surface area contributed by atoms with Crippen molar-refractivity contribution in [1.29, 1.82) is 0 Å². The number of benzene rings is 1. The lowest BCUT2D eigenvalue weighted by Gasteiger charge is -2.38. The summed E-state index contributed by atoms with van der Waals surface area (Å²) in [6.07, 6.45) is 0. The second-order valence-electron chi connectivity index (χ2n) is 8.07. The van der Waals surface area contributed by atoms with E-state index >= 15 is 0 Å². The highest BCUT2D eigenvalue weighted by Crippen LogP contribution is 2.28. The first-order valence-electron chi connectivity index (χ1n) is 9.53. The molecule has 1 fully saturated rings. The van der Waals surface area contributed by atoms with Crippen LogP contribution >= 0.6 is 0 Å². The maximum atomic E-state index is 14.3. The highest BCUT2D eigenvalue weighted by Gasteiger charge is 2.47. The van der Waals surface area contributed by atoms with Crippen molar-refractivity contribution >= 4 is 19.7 Å². The van der Waals surface area contributed by atoms with E-state index < -0.39 is 47.4 Å². The molecule has 0 aliphatic carbocycles. The van der Waals surface area contributed by atoms with Crippen LogP contribution in [0, 0.1) is 12.7 Å². The second-order valence-corrected chi connectivity index (χ2v) is 12.4. The number of hydrogen-bond acceptors (Lipinski definition) is 6. The van der Waals surface area contributed by atoms with Crippen LogP contribution in [0.3, 0.4) is 0 Å². The molecular weight excluding hydrogens is 403 g/mol. The molecule has 1 aromatic carbocycles. The number of nitrogens with zero attached hydrogens (tertiary/aromatic N) is 1. The fourth-order valence-electron chi connectivity index (χ4n) is 3.88. The Morgan fingerprint density at radius 1 is 1.21 bits per heavy atom. The molecule has 1 N–H and O–H groups in total. The van der Waals surface area contributed by atoms with Gasteiger partial charge in [0.05, 0.1) is 16.8 Å². The molecule has 1 aromatic rings. The van der Waals surface area contributed by atoms with Crippen LogP contribution in [-0.4, -0.2) is 69.7 Å². The predicted molar refractivity (Wildman–Crippen MR) is 110 cm³/mol. The van der Waals surface area contributed by atoms with Crippen molar-refractivity contribution in [3.63, 3.8) is 0 Å². The Morgan fingerprint density at radius 2 is 1.82 bits per heavy atom. The molecule has 0 spiro atoms. The lowest BCUT2D eigenvalue weighted by molar-refractivity contribution is 0.130. The minimum absolute atomic E-state index is 0.265. The molecular formula is C19H31FN2O4S2. The van der Waals surface area contributed by atoms with Crippen LogP contribution in [0.5, 0.6) is 0 Å². The van der Waals surface area contributed by atoms with Crippen molar-refractivity contribution in [1.82, 2.24) is 10.2 Å². The Bertz CT molecular complexity index is 910. The van der Waals surface area contributed by atoms with E-state index in [0.717, 1.165) is 19.2 Å². The number of likely N-dealkylation sites (N-methyl/N-ethyl adjacent to an activating group) is 1. The Morgan fingerprint density at radius 3 is 2.39 bits per heavy atom. The highest BCUT2D eigenvalue weighted by atomic mass is 32.2. The fraction of sp³-hybridized carbons (Fsp3) is 0.684. The molecule has 1 heterocycles. The van der Waals surface area contributed by atoms with Crippen LogP contribution in [0.15, 0.2) is 23.1 Å². The number of halogens is 1. The van der Waals surface area contributed by atoms with Crippen LogP contribution in [-0.2, 0) is 19.7 Å². The number of hydrogen-bond donors (Lipinski definition) is 1. The van der Waals surface area contributed by atoms with Gasteiger partial charge in [0.15, 0.2) is 19.7 Å². The Hall–Kier alpha value is -1.03. The topological polar surface area (TPSA) is 83.6 Å². The van der Waals surface area contributed by atoms with Gasteiger partial charge in [-0.2, -0.15) is 0 Å². The average molecular weight is 435 g/mol. The van der Waals surface area contributed by atoms with Crippen LogP contribution in [0.1, 0.15) is 33.3 Å². The largest absolute Gasteiger partial charge is 0.310 e. The molecule has 0 aromatic heterocycles. The number of aryl methyl sites for hydroxylation is 1. The van der Waals surface area contributed by atoms with E-state index in [2.05, 4.69) is 10.2 Å². The van der Waals surface area contributed by atoms with Gasteiger partial charge in [-0.05, 0) is 51.6 Å². The van der Waals surface area contributed by atoms with Crippen molar-refractivity contribution in [3.8, 4) is 0 Å². The van der Waals surface area contributed by atoms with Gasteiger partial charge in [0.25, 0.3) is 0 Å². The van der Waals surface area contributed by atoms with E-state index in [1.807, 2.05) is 27.7 Å². The molecule has 2 atom stereocenters. The Labute approximate surface area is 168 Å². The molecule has 0 amide bonds. The molecule has 28 heavy (non-hydrogen) atoms. The standard InChI is InChI=1S/C19H31FN2O4S2/c1-6-22(7-2)19(4,5)13-21-16-11-27(23,24)12-18(16)28(25,26)17-10-14(3)8-9-15(17)20/h8-10,16,18,21H,6-7,11-13H2,1-5H3/t16-,18-/m0/s1. The number of rotatable bonds is 8. The third-order valence-electron chi connectivity index (χ3n) is 5.51. The fourth-order valence-corrected chi connectivity index (χ4v) is 8.74. The van der Waals surface area contributed by atoms with E-state index in [1.165, 1.54) is 12.1 Å². The normalized spacial score (nSPS) is 22.7. The molecule has 1 aliphatic rings. The summed E-state index contributed by atoms with van der Waals surface area (Å²) >= 11 is 0. The van der Waals surface area contributed by atoms with Crippen LogP contribution < -0.4 is 5.32 Å². The molecule has 160 valence electrons.